The predicted molar refractivity (Wildman–Crippen MR) is 108 cm³/mol. The fraction of sp³-hybridized carbons (Fsp3) is 0.286. The van der Waals surface area contributed by atoms with E-state index in [2.05, 4.69) is 20.7 Å². The summed E-state index contributed by atoms with van der Waals surface area (Å²) < 4.78 is 5.22. The molecule has 8 heteroatoms. The summed E-state index contributed by atoms with van der Waals surface area (Å²) in [5.74, 6) is -0.608. The Morgan fingerprint density at radius 3 is 2.38 bits per heavy atom. The molecule has 1 atom stereocenters. The number of hydrogen-bond donors (Lipinski definition) is 1. The quantitative estimate of drug-likeness (QED) is 0.647. The first-order valence-corrected chi connectivity index (χ1v) is 9.25. The van der Waals surface area contributed by atoms with E-state index in [9.17, 15) is 9.59 Å². The fourth-order valence-corrected chi connectivity index (χ4v) is 2.77. The van der Waals surface area contributed by atoms with Crippen LogP contribution < -0.4 is 5.32 Å². The first-order valence-electron chi connectivity index (χ1n) is 9.25. The van der Waals surface area contributed by atoms with Crippen LogP contribution in [0.3, 0.4) is 0 Å². The number of hydrogen-bond acceptors (Lipinski definition) is 6. The number of carbonyl (C=O) groups excluding carboxylic acids is 2. The molecule has 0 aliphatic rings. The Labute approximate surface area is 168 Å². The molecule has 3 aromatic rings. The molecule has 1 aromatic heterocycles. The third-order valence-electron chi connectivity index (χ3n) is 4.44. The Morgan fingerprint density at radius 2 is 1.72 bits per heavy atom. The number of amides is 1. The molecular weight excluding hydrogens is 370 g/mol. The van der Waals surface area contributed by atoms with Gasteiger partial charge < -0.3 is 10.1 Å². The van der Waals surface area contributed by atoms with Gasteiger partial charge in [-0.1, -0.05) is 48.0 Å². The summed E-state index contributed by atoms with van der Waals surface area (Å²) in [7, 11) is 0. The van der Waals surface area contributed by atoms with Crippen LogP contribution in [0.2, 0.25) is 0 Å². The van der Waals surface area contributed by atoms with E-state index in [1.165, 1.54) is 6.92 Å². The molecule has 0 radical (unpaired) electrons. The van der Waals surface area contributed by atoms with Crippen molar-refractivity contribution in [2.24, 2.45) is 0 Å². The summed E-state index contributed by atoms with van der Waals surface area (Å²) in [5, 5.41) is 14.8. The zero-order valence-electron chi connectivity index (χ0n) is 16.8. The third-order valence-corrected chi connectivity index (χ3v) is 4.44. The monoisotopic (exact) mass is 393 g/mol. The van der Waals surface area contributed by atoms with E-state index in [1.807, 2.05) is 63.2 Å². The van der Waals surface area contributed by atoms with Crippen molar-refractivity contribution in [1.82, 2.24) is 20.2 Å². The van der Waals surface area contributed by atoms with Crippen LogP contribution in [0.1, 0.15) is 23.6 Å². The van der Waals surface area contributed by atoms with Crippen molar-refractivity contribution in [3.8, 4) is 11.4 Å². The minimum absolute atomic E-state index is 0.236. The highest BCUT2D eigenvalue weighted by Crippen LogP contribution is 2.20. The van der Waals surface area contributed by atoms with Gasteiger partial charge in [-0.15, -0.1) is 10.2 Å². The summed E-state index contributed by atoms with van der Waals surface area (Å²) >= 11 is 0. The summed E-state index contributed by atoms with van der Waals surface area (Å²) in [6.07, 6.45) is -0.957. The molecule has 8 nitrogen and oxygen atoms in total. The van der Waals surface area contributed by atoms with Crippen LogP contribution in [0.4, 0.5) is 5.69 Å². The van der Waals surface area contributed by atoms with Gasteiger partial charge in [0.2, 0.25) is 5.82 Å². The van der Waals surface area contributed by atoms with Crippen LogP contribution in [0.15, 0.2) is 42.5 Å². The highest BCUT2D eigenvalue weighted by atomic mass is 16.5. The molecule has 0 saturated carbocycles. The molecule has 2 aromatic carbocycles. The van der Waals surface area contributed by atoms with E-state index in [4.69, 9.17) is 4.74 Å². The highest BCUT2D eigenvalue weighted by molar-refractivity contribution is 5.96. The van der Waals surface area contributed by atoms with Gasteiger partial charge in [0.1, 0.15) is 0 Å². The minimum atomic E-state index is -0.957. The van der Waals surface area contributed by atoms with E-state index in [0.717, 1.165) is 32.7 Å². The van der Waals surface area contributed by atoms with Gasteiger partial charge >= 0.3 is 5.97 Å². The van der Waals surface area contributed by atoms with Gasteiger partial charge in [-0.05, 0) is 44.0 Å². The van der Waals surface area contributed by atoms with Gasteiger partial charge in [-0.3, -0.25) is 4.79 Å². The Bertz CT molecular complexity index is 1010. The number of nitrogens with one attached hydrogen (secondary N) is 1. The normalized spacial score (nSPS) is 11.7. The average Bonchev–Trinajstić information content (AvgIpc) is 3.13. The maximum absolute atomic E-state index is 12.4. The molecule has 0 bridgehead atoms. The molecule has 0 saturated heterocycles. The van der Waals surface area contributed by atoms with Crippen molar-refractivity contribution < 1.29 is 14.3 Å². The number of carbonyl (C=O) groups is 2. The van der Waals surface area contributed by atoms with Gasteiger partial charge in [0.15, 0.2) is 12.6 Å². The number of rotatable bonds is 6. The number of aryl methyl sites for hydroxylation is 3. The molecule has 1 heterocycles. The molecule has 0 spiro atoms. The van der Waals surface area contributed by atoms with Gasteiger partial charge in [-0.25, -0.2) is 4.79 Å². The molecule has 0 unspecified atom stereocenters. The van der Waals surface area contributed by atoms with E-state index < -0.39 is 18.0 Å². The smallest absolute Gasteiger partial charge is 0.330 e. The summed E-state index contributed by atoms with van der Waals surface area (Å²) in [4.78, 5) is 25.7. The second-order valence-corrected chi connectivity index (χ2v) is 6.90. The average molecular weight is 393 g/mol. The van der Waals surface area contributed by atoms with E-state index in [1.54, 1.807) is 0 Å². The van der Waals surface area contributed by atoms with Crippen LogP contribution in [-0.2, 0) is 20.9 Å². The Hall–Kier alpha value is -3.55. The number of ether oxygens (including phenoxy) is 1. The van der Waals surface area contributed by atoms with Crippen LogP contribution in [0.25, 0.3) is 11.4 Å². The number of anilines is 1. The Balaban J connectivity index is 1.57. The number of tetrazole rings is 1. The van der Waals surface area contributed by atoms with Crippen LogP contribution in [0, 0.1) is 20.8 Å². The zero-order chi connectivity index (χ0) is 21.0. The van der Waals surface area contributed by atoms with Gasteiger partial charge in [0.05, 0.1) is 0 Å². The first-order chi connectivity index (χ1) is 13.8. The summed E-state index contributed by atoms with van der Waals surface area (Å²) in [6, 6.07) is 13.4. The number of para-hydroxylation sites is 1. The number of nitrogens with zero attached hydrogens (tertiary/aromatic N) is 4. The molecule has 150 valence electrons. The lowest BCUT2D eigenvalue weighted by molar-refractivity contribution is -0.154. The molecule has 29 heavy (non-hydrogen) atoms. The Morgan fingerprint density at radius 1 is 1.07 bits per heavy atom. The van der Waals surface area contributed by atoms with Crippen molar-refractivity contribution in [3.05, 3.63) is 59.2 Å². The van der Waals surface area contributed by atoms with Crippen LogP contribution in [0.5, 0.6) is 0 Å². The number of benzene rings is 2. The highest BCUT2D eigenvalue weighted by Gasteiger charge is 2.20. The van der Waals surface area contributed by atoms with E-state index in [0.29, 0.717) is 5.82 Å². The number of aromatic nitrogens is 4. The van der Waals surface area contributed by atoms with Crippen molar-refractivity contribution in [2.45, 2.75) is 40.3 Å². The van der Waals surface area contributed by atoms with Crippen LogP contribution >= 0.6 is 0 Å². The Kier molecular flexibility index (Phi) is 6.01. The third kappa shape index (κ3) is 5.04. The summed E-state index contributed by atoms with van der Waals surface area (Å²) in [5.41, 5.74) is 4.52. The minimum Gasteiger partial charge on any atom is -0.451 e. The van der Waals surface area contributed by atoms with Crippen molar-refractivity contribution in [1.29, 1.82) is 0 Å². The molecule has 3 rings (SSSR count). The van der Waals surface area contributed by atoms with Gasteiger partial charge in [0, 0.05) is 11.3 Å². The van der Waals surface area contributed by atoms with Crippen molar-refractivity contribution >= 4 is 17.6 Å². The molecule has 0 fully saturated rings. The molecule has 1 N–H and O–H groups in total. The maximum Gasteiger partial charge on any atom is 0.330 e. The standard InChI is InChI=1S/C21H23N5O3/c1-13-8-10-17(11-9-13)20-23-25-26(24-20)12-18(27)29-16(4)21(28)22-19-14(2)6-5-7-15(19)3/h5-11,16H,12H2,1-4H3,(H,22,28)/t16-/m0/s1. The van der Waals surface area contributed by atoms with E-state index >= 15 is 0 Å². The zero-order valence-corrected chi connectivity index (χ0v) is 16.8. The van der Waals surface area contributed by atoms with Gasteiger partial charge in [0.25, 0.3) is 5.91 Å². The van der Waals surface area contributed by atoms with E-state index in [-0.39, 0.29) is 6.54 Å². The van der Waals surface area contributed by atoms with Crippen molar-refractivity contribution in [3.63, 3.8) is 0 Å². The second-order valence-electron chi connectivity index (χ2n) is 6.90. The topological polar surface area (TPSA) is 99.0 Å². The largest absolute Gasteiger partial charge is 0.451 e. The van der Waals surface area contributed by atoms with Crippen LogP contribution in [-0.4, -0.2) is 38.2 Å². The number of esters is 1. The lowest BCUT2D eigenvalue weighted by atomic mass is 10.1. The molecular formula is C21H23N5O3. The molecule has 0 aliphatic carbocycles. The van der Waals surface area contributed by atoms with Gasteiger partial charge in [-0.2, -0.15) is 4.80 Å². The second kappa shape index (κ2) is 8.64. The molecule has 0 aliphatic heterocycles. The summed E-state index contributed by atoms with van der Waals surface area (Å²) in [6.45, 7) is 7.08. The lowest BCUT2D eigenvalue weighted by Crippen LogP contribution is -2.32. The lowest BCUT2D eigenvalue weighted by Gasteiger charge is -2.16. The maximum atomic E-state index is 12.4. The van der Waals surface area contributed by atoms with Crippen molar-refractivity contribution in [2.75, 3.05) is 5.32 Å². The molecule has 1 amide bonds. The first kappa shape index (κ1) is 20.2. The fourth-order valence-electron chi connectivity index (χ4n) is 2.77. The predicted octanol–water partition coefficient (Wildman–Crippen LogP) is 2.84. The SMILES string of the molecule is Cc1ccc(-c2nnn(CC(=O)O[C@@H](C)C(=O)Nc3c(C)cccc3C)n2)cc1.